The van der Waals surface area contributed by atoms with Crippen molar-refractivity contribution in [1.82, 2.24) is 0 Å². The molecule has 0 spiro atoms. The highest BCUT2D eigenvalue weighted by Crippen LogP contribution is 2.48. The molecule has 0 amide bonds. The summed E-state index contributed by atoms with van der Waals surface area (Å²) >= 11 is 3.41. The molecule has 0 aliphatic heterocycles. The van der Waals surface area contributed by atoms with E-state index in [-0.39, 0.29) is 17.8 Å². The van der Waals surface area contributed by atoms with Crippen molar-refractivity contribution in [3.63, 3.8) is 0 Å². The number of methoxy groups -OCH3 is 1. The highest BCUT2D eigenvalue weighted by Gasteiger charge is 2.45. The molecule has 1 aliphatic rings. The summed E-state index contributed by atoms with van der Waals surface area (Å²) in [5, 5.41) is 0. The Morgan fingerprint density at radius 3 is 2.43 bits per heavy atom. The molecular weight excluding hydrogens is 332 g/mol. The predicted octanol–water partition coefficient (Wildman–Crippen LogP) is 4.17. The van der Waals surface area contributed by atoms with Crippen molar-refractivity contribution in [2.45, 2.75) is 12.3 Å². The number of carbonyl (C=O) groups excluding carboxylic acids is 1. The molecule has 1 saturated carbocycles. The number of esters is 1. The molecule has 3 nitrogen and oxygen atoms in total. The molecule has 2 atom stereocenters. The van der Waals surface area contributed by atoms with Crippen molar-refractivity contribution in [2.75, 3.05) is 7.11 Å². The van der Waals surface area contributed by atoms with E-state index in [2.05, 4.69) is 15.9 Å². The molecule has 0 aromatic heterocycles. The minimum absolute atomic E-state index is 0.0592. The lowest BCUT2D eigenvalue weighted by molar-refractivity contribution is -0.136. The average Bonchev–Trinajstić information content (AvgIpc) is 3.29. The Bertz CT molecular complexity index is 651. The van der Waals surface area contributed by atoms with E-state index >= 15 is 0 Å². The van der Waals surface area contributed by atoms with Gasteiger partial charge in [-0.3, -0.25) is 4.79 Å². The van der Waals surface area contributed by atoms with Gasteiger partial charge in [-0.1, -0.05) is 40.2 Å². The van der Waals surface area contributed by atoms with Crippen LogP contribution < -0.4 is 9.47 Å². The molecule has 2 aromatic rings. The number of benzene rings is 2. The number of ether oxygens (including phenoxy) is 2. The van der Waals surface area contributed by atoms with Crippen LogP contribution in [0.1, 0.15) is 17.9 Å². The summed E-state index contributed by atoms with van der Waals surface area (Å²) in [6.07, 6.45) is 0.843. The summed E-state index contributed by atoms with van der Waals surface area (Å²) < 4.78 is 11.7. The fourth-order valence-electron chi connectivity index (χ4n) is 2.42. The normalized spacial score (nSPS) is 19.9. The zero-order valence-electron chi connectivity index (χ0n) is 11.6. The summed E-state index contributed by atoms with van der Waals surface area (Å²) in [7, 11) is 1.56. The number of rotatable bonds is 4. The Kier molecular flexibility index (Phi) is 3.97. The van der Waals surface area contributed by atoms with E-state index in [0.29, 0.717) is 11.5 Å². The first kappa shape index (κ1) is 14.1. The number of carbonyl (C=O) groups is 1. The smallest absolute Gasteiger partial charge is 0.315 e. The Morgan fingerprint density at radius 1 is 1.10 bits per heavy atom. The van der Waals surface area contributed by atoms with Gasteiger partial charge in [0.25, 0.3) is 0 Å². The first-order valence-corrected chi connectivity index (χ1v) is 7.58. The van der Waals surface area contributed by atoms with Gasteiger partial charge in [0.2, 0.25) is 0 Å². The van der Waals surface area contributed by atoms with Crippen LogP contribution in [0.2, 0.25) is 0 Å². The predicted molar refractivity (Wildman–Crippen MR) is 83.6 cm³/mol. The van der Waals surface area contributed by atoms with Crippen molar-refractivity contribution >= 4 is 21.9 Å². The molecule has 1 aliphatic carbocycles. The van der Waals surface area contributed by atoms with Crippen molar-refractivity contribution < 1.29 is 14.3 Å². The van der Waals surface area contributed by atoms with Crippen LogP contribution in [-0.4, -0.2) is 13.1 Å². The monoisotopic (exact) mass is 346 g/mol. The van der Waals surface area contributed by atoms with E-state index in [0.717, 1.165) is 10.9 Å². The zero-order chi connectivity index (χ0) is 14.8. The van der Waals surface area contributed by atoms with Crippen LogP contribution in [0.5, 0.6) is 11.5 Å². The number of para-hydroxylation sites is 2. The third-order valence-electron chi connectivity index (χ3n) is 3.67. The third kappa shape index (κ3) is 3.10. The maximum atomic E-state index is 12.2. The summed E-state index contributed by atoms with van der Waals surface area (Å²) in [4.78, 5) is 12.2. The first-order chi connectivity index (χ1) is 10.2. The van der Waals surface area contributed by atoms with Gasteiger partial charge in [-0.25, -0.2) is 0 Å². The topological polar surface area (TPSA) is 35.5 Å². The molecule has 0 saturated heterocycles. The fourth-order valence-corrected chi connectivity index (χ4v) is 2.69. The van der Waals surface area contributed by atoms with E-state index in [9.17, 15) is 4.79 Å². The van der Waals surface area contributed by atoms with Gasteiger partial charge in [0.1, 0.15) is 0 Å². The molecule has 3 rings (SSSR count). The molecule has 0 radical (unpaired) electrons. The summed E-state index contributed by atoms with van der Waals surface area (Å²) in [5.74, 6) is 1.07. The van der Waals surface area contributed by atoms with Crippen molar-refractivity contribution in [3.05, 3.63) is 58.6 Å². The molecule has 0 N–H and O–H groups in total. The van der Waals surface area contributed by atoms with Crippen molar-refractivity contribution in [2.24, 2.45) is 5.92 Å². The second-order valence-corrected chi connectivity index (χ2v) is 5.99. The Morgan fingerprint density at radius 2 is 1.76 bits per heavy atom. The lowest BCUT2D eigenvalue weighted by Crippen LogP contribution is -2.11. The van der Waals surface area contributed by atoms with Crippen LogP contribution in [0.4, 0.5) is 0 Å². The first-order valence-electron chi connectivity index (χ1n) is 6.79. The second kappa shape index (κ2) is 5.90. The molecule has 1 fully saturated rings. The number of hydrogen-bond donors (Lipinski definition) is 0. The van der Waals surface area contributed by atoms with Gasteiger partial charge >= 0.3 is 5.97 Å². The van der Waals surface area contributed by atoms with Gasteiger partial charge in [-0.15, -0.1) is 0 Å². The minimum Gasteiger partial charge on any atom is -0.493 e. The van der Waals surface area contributed by atoms with Gasteiger partial charge in [0, 0.05) is 4.47 Å². The molecule has 0 heterocycles. The number of halogens is 1. The van der Waals surface area contributed by atoms with Crippen molar-refractivity contribution in [1.29, 1.82) is 0 Å². The molecule has 2 aromatic carbocycles. The van der Waals surface area contributed by atoms with E-state index in [1.807, 2.05) is 36.4 Å². The Balaban J connectivity index is 1.66. The standard InChI is InChI=1S/C17H15BrO3/c1-20-15-4-2-3-5-16(15)21-17(19)14-10-13(14)11-6-8-12(18)9-7-11/h2-9,13-14H,10H2,1H3. The Hall–Kier alpha value is -1.81. The molecule has 108 valence electrons. The SMILES string of the molecule is COc1ccccc1OC(=O)C1CC1c1ccc(Br)cc1. The van der Waals surface area contributed by atoms with E-state index in [1.54, 1.807) is 19.2 Å². The second-order valence-electron chi connectivity index (χ2n) is 5.07. The van der Waals surface area contributed by atoms with E-state index in [4.69, 9.17) is 9.47 Å². The van der Waals surface area contributed by atoms with Gasteiger partial charge in [-0.05, 0) is 42.2 Å². The van der Waals surface area contributed by atoms with Gasteiger partial charge in [0.15, 0.2) is 11.5 Å². The molecular formula is C17H15BrO3. The average molecular weight is 347 g/mol. The summed E-state index contributed by atoms with van der Waals surface area (Å²) in [6, 6.07) is 15.3. The molecule has 2 unspecified atom stereocenters. The zero-order valence-corrected chi connectivity index (χ0v) is 13.2. The number of hydrogen-bond acceptors (Lipinski definition) is 3. The van der Waals surface area contributed by atoms with Crippen LogP contribution in [0, 0.1) is 5.92 Å². The lowest BCUT2D eigenvalue weighted by atomic mass is 10.1. The molecule has 0 bridgehead atoms. The van der Waals surface area contributed by atoms with Crippen LogP contribution in [0.15, 0.2) is 53.0 Å². The summed E-state index contributed by atoms with van der Waals surface area (Å²) in [5.41, 5.74) is 1.18. The third-order valence-corrected chi connectivity index (χ3v) is 4.20. The van der Waals surface area contributed by atoms with E-state index in [1.165, 1.54) is 5.56 Å². The quantitative estimate of drug-likeness (QED) is 0.615. The largest absolute Gasteiger partial charge is 0.493 e. The van der Waals surface area contributed by atoms with Gasteiger partial charge in [-0.2, -0.15) is 0 Å². The maximum Gasteiger partial charge on any atom is 0.315 e. The molecule has 21 heavy (non-hydrogen) atoms. The van der Waals surface area contributed by atoms with Crippen LogP contribution in [0.3, 0.4) is 0 Å². The van der Waals surface area contributed by atoms with Gasteiger partial charge < -0.3 is 9.47 Å². The fraction of sp³-hybridized carbons (Fsp3) is 0.235. The highest BCUT2D eigenvalue weighted by atomic mass is 79.9. The van der Waals surface area contributed by atoms with E-state index < -0.39 is 0 Å². The Labute approximate surface area is 132 Å². The molecule has 4 heteroatoms. The van der Waals surface area contributed by atoms with Crippen LogP contribution in [-0.2, 0) is 4.79 Å². The summed E-state index contributed by atoms with van der Waals surface area (Å²) in [6.45, 7) is 0. The minimum atomic E-state index is -0.188. The van der Waals surface area contributed by atoms with Crippen LogP contribution in [0.25, 0.3) is 0 Å². The van der Waals surface area contributed by atoms with Crippen LogP contribution >= 0.6 is 15.9 Å². The highest BCUT2D eigenvalue weighted by molar-refractivity contribution is 9.10. The van der Waals surface area contributed by atoms with Gasteiger partial charge in [0.05, 0.1) is 13.0 Å². The lowest BCUT2D eigenvalue weighted by Gasteiger charge is -2.08. The maximum absolute atomic E-state index is 12.2. The van der Waals surface area contributed by atoms with Crippen molar-refractivity contribution in [3.8, 4) is 11.5 Å².